The lowest BCUT2D eigenvalue weighted by atomic mass is 9.68. The quantitative estimate of drug-likeness (QED) is 0.510. The second-order valence-corrected chi connectivity index (χ2v) is 9.76. The summed E-state index contributed by atoms with van der Waals surface area (Å²) in [7, 11) is 1.33. The van der Waals surface area contributed by atoms with Crippen molar-refractivity contribution in [3.8, 4) is 11.5 Å². The first kappa shape index (κ1) is 23.1. The van der Waals surface area contributed by atoms with E-state index < -0.39 is 11.9 Å². The minimum Gasteiger partial charge on any atom is -0.490 e. The molecule has 1 N–H and O–H groups in total. The van der Waals surface area contributed by atoms with Gasteiger partial charge in [0, 0.05) is 29.3 Å². The van der Waals surface area contributed by atoms with Crippen LogP contribution in [0.4, 0.5) is 0 Å². The van der Waals surface area contributed by atoms with Crippen LogP contribution in [0, 0.1) is 11.3 Å². The maximum atomic E-state index is 13.3. The first-order valence-electron chi connectivity index (χ1n) is 11.5. The lowest BCUT2D eigenvalue weighted by Crippen LogP contribution is -2.38. The van der Waals surface area contributed by atoms with Gasteiger partial charge in [0.15, 0.2) is 17.3 Å². The average Bonchev–Trinajstić information content (AvgIpc) is 3.58. The van der Waals surface area contributed by atoms with Crippen LogP contribution in [0.1, 0.15) is 64.9 Å². The number of Topliss-reactive ketones (excluding diaryl/α,β-unsaturated/α-hetero) is 1. The van der Waals surface area contributed by atoms with E-state index in [-0.39, 0.29) is 23.1 Å². The maximum absolute atomic E-state index is 13.3. The van der Waals surface area contributed by atoms with E-state index in [1.54, 1.807) is 18.2 Å². The second kappa shape index (κ2) is 8.69. The van der Waals surface area contributed by atoms with Gasteiger partial charge in [0.25, 0.3) is 0 Å². The molecule has 0 saturated heterocycles. The number of benzene rings is 1. The van der Waals surface area contributed by atoms with Crippen molar-refractivity contribution in [2.75, 3.05) is 13.7 Å². The Hall–Kier alpha value is -3.09. The summed E-state index contributed by atoms with van der Waals surface area (Å²) >= 11 is 0. The number of dihydropyridines is 1. The normalized spacial score (nSPS) is 21.8. The highest BCUT2D eigenvalue weighted by atomic mass is 16.6. The third-order valence-corrected chi connectivity index (χ3v) is 6.37. The summed E-state index contributed by atoms with van der Waals surface area (Å²) in [5, 5.41) is 3.30. The molecule has 1 aromatic carbocycles. The van der Waals surface area contributed by atoms with Gasteiger partial charge in [-0.25, -0.2) is 4.79 Å². The van der Waals surface area contributed by atoms with Crippen LogP contribution >= 0.6 is 0 Å². The molecule has 7 heteroatoms. The highest BCUT2D eigenvalue weighted by molar-refractivity contribution is 6.04. The van der Waals surface area contributed by atoms with E-state index in [1.165, 1.54) is 7.11 Å². The summed E-state index contributed by atoms with van der Waals surface area (Å²) in [6.07, 6.45) is 2.79. The van der Waals surface area contributed by atoms with Crippen molar-refractivity contribution in [1.29, 1.82) is 0 Å². The van der Waals surface area contributed by atoms with Crippen LogP contribution in [-0.2, 0) is 19.1 Å². The van der Waals surface area contributed by atoms with Crippen molar-refractivity contribution in [3.63, 3.8) is 0 Å². The average molecular weight is 454 g/mol. The van der Waals surface area contributed by atoms with E-state index in [0.29, 0.717) is 53.4 Å². The van der Waals surface area contributed by atoms with Gasteiger partial charge >= 0.3 is 11.9 Å². The molecule has 4 rings (SSSR count). The van der Waals surface area contributed by atoms with Crippen molar-refractivity contribution in [3.05, 3.63) is 46.3 Å². The zero-order valence-electron chi connectivity index (χ0n) is 19.9. The van der Waals surface area contributed by atoms with E-state index in [2.05, 4.69) is 19.2 Å². The number of hydrogen-bond donors (Lipinski definition) is 1. The van der Waals surface area contributed by atoms with Crippen LogP contribution in [0.25, 0.3) is 0 Å². The number of rotatable bonds is 6. The van der Waals surface area contributed by atoms with Crippen LogP contribution in [0.3, 0.4) is 0 Å². The van der Waals surface area contributed by atoms with Crippen LogP contribution in [-0.4, -0.2) is 31.4 Å². The van der Waals surface area contributed by atoms with Crippen LogP contribution < -0.4 is 14.8 Å². The fraction of sp³-hybridized carbons (Fsp3) is 0.500. The Balaban J connectivity index is 1.81. The Morgan fingerprint density at radius 2 is 1.88 bits per heavy atom. The fourth-order valence-corrected chi connectivity index (χ4v) is 4.72. The zero-order chi connectivity index (χ0) is 23.9. The minimum absolute atomic E-state index is 0.00912. The van der Waals surface area contributed by atoms with Crippen molar-refractivity contribution < 1.29 is 28.6 Å². The third-order valence-electron chi connectivity index (χ3n) is 6.37. The Labute approximate surface area is 194 Å². The van der Waals surface area contributed by atoms with Crippen molar-refractivity contribution in [2.45, 2.75) is 59.3 Å². The van der Waals surface area contributed by atoms with Gasteiger partial charge < -0.3 is 19.5 Å². The van der Waals surface area contributed by atoms with Gasteiger partial charge in [-0.05, 0) is 56.2 Å². The van der Waals surface area contributed by atoms with Gasteiger partial charge in [-0.1, -0.05) is 19.9 Å². The molecule has 1 aliphatic heterocycles. The topological polar surface area (TPSA) is 90.9 Å². The van der Waals surface area contributed by atoms with Gasteiger partial charge in [0.2, 0.25) is 0 Å². The number of allylic oxidation sites excluding steroid dienone is 3. The standard InChI is InChI=1S/C26H31NO6/c1-6-32-20-11-16(9-10-19(20)33-24(29)15-7-8-15)22-21(25(30)31-5)14(2)27-17-12-26(3,4)13-18(28)23(17)22/h9-11,15,22,27H,6-8,12-13H2,1-5H3. The third kappa shape index (κ3) is 4.54. The van der Waals surface area contributed by atoms with Crippen molar-refractivity contribution >= 4 is 17.7 Å². The van der Waals surface area contributed by atoms with E-state index in [9.17, 15) is 14.4 Å². The molecule has 1 heterocycles. The summed E-state index contributed by atoms with van der Waals surface area (Å²) in [5.41, 5.74) is 3.03. The number of ketones is 1. The van der Waals surface area contributed by atoms with E-state index in [1.807, 2.05) is 13.8 Å². The number of carbonyl (C=O) groups is 3. The first-order valence-corrected chi connectivity index (χ1v) is 11.5. The molecule has 1 fully saturated rings. The summed E-state index contributed by atoms with van der Waals surface area (Å²) in [5.74, 6) is -0.620. The smallest absolute Gasteiger partial charge is 0.336 e. The van der Waals surface area contributed by atoms with Crippen LogP contribution in [0.5, 0.6) is 11.5 Å². The molecular formula is C26H31NO6. The van der Waals surface area contributed by atoms with Crippen LogP contribution in [0.15, 0.2) is 40.7 Å². The van der Waals surface area contributed by atoms with Gasteiger partial charge in [0.05, 0.1) is 25.2 Å². The van der Waals surface area contributed by atoms with Gasteiger partial charge in [0.1, 0.15) is 0 Å². The molecule has 1 aromatic rings. The Bertz CT molecular complexity index is 1080. The number of carbonyl (C=O) groups excluding carboxylic acids is 3. The molecule has 176 valence electrons. The Kier molecular flexibility index (Phi) is 6.08. The van der Waals surface area contributed by atoms with E-state index in [4.69, 9.17) is 14.2 Å². The highest BCUT2D eigenvalue weighted by Crippen LogP contribution is 2.48. The second-order valence-electron chi connectivity index (χ2n) is 9.76. The molecule has 1 unspecified atom stereocenters. The molecule has 1 atom stereocenters. The monoisotopic (exact) mass is 453 g/mol. The Morgan fingerprint density at radius 3 is 2.52 bits per heavy atom. The molecule has 7 nitrogen and oxygen atoms in total. The minimum atomic E-state index is -0.593. The molecule has 2 aliphatic carbocycles. The number of methoxy groups -OCH3 is 1. The summed E-state index contributed by atoms with van der Waals surface area (Å²) in [6.45, 7) is 8.18. The predicted octanol–water partition coefficient (Wildman–Crippen LogP) is 4.18. The number of esters is 2. The Morgan fingerprint density at radius 1 is 1.15 bits per heavy atom. The van der Waals surface area contributed by atoms with Crippen molar-refractivity contribution in [1.82, 2.24) is 5.32 Å². The van der Waals surface area contributed by atoms with Gasteiger partial charge in [-0.15, -0.1) is 0 Å². The zero-order valence-corrected chi connectivity index (χ0v) is 19.9. The molecule has 0 radical (unpaired) electrons. The number of nitrogens with one attached hydrogen (secondary N) is 1. The molecule has 0 bridgehead atoms. The van der Waals surface area contributed by atoms with E-state index in [0.717, 1.165) is 18.5 Å². The van der Waals surface area contributed by atoms with Crippen LogP contribution in [0.2, 0.25) is 0 Å². The highest BCUT2D eigenvalue weighted by Gasteiger charge is 2.43. The van der Waals surface area contributed by atoms with Gasteiger partial charge in [-0.2, -0.15) is 0 Å². The summed E-state index contributed by atoms with van der Waals surface area (Å²) in [6, 6.07) is 5.25. The predicted molar refractivity (Wildman–Crippen MR) is 122 cm³/mol. The lowest BCUT2D eigenvalue weighted by Gasteiger charge is -2.39. The SMILES string of the molecule is CCOc1cc(C2C(C(=O)OC)=C(C)NC3=C2C(=O)CC(C)(C)C3)ccc1OC(=O)C1CC1. The van der Waals surface area contributed by atoms with E-state index >= 15 is 0 Å². The molecule has 0 amide bonds. The number of ether oxygens (including phenoxy) is 3. The number of hydrogen-bond acceptors (Lipinski definition) is 7. The van der Waals surface area contributed by atoms with Gasteiger partial charge in [-0.3, -0.25) is 9.59 Å². The molecule has 1 saturated carbocycles. The molecule has 0 spiro atoms. The summed E-state index contributed by atoms with van der Waals surface area (Å²) in [4.78, 5) is 38.4. The molecular weight excluding hydrogens is 422 g/mol. The fourth-order valence-electron chi connectivity index (χ4n) is 4.72. The molecule has 0 aromatic heterocycles. The maximum Gasteiger partial charge on any atom is 0.336 e. The molecule has 3 aliphatic rings. The largest absolute Gasteiger partial charge is 0.490 e. The molecule has 33 heavy (non-hydrogen) atoms. The van der Waals surface area contributed by atoms with Crippen molar-refractivity contribution in [2.24, 2.45) is 11.3 Å². The summed E-state index contributed by atoms with van der Waals surface area (Å²) < 4.78 is 16.4. The lowest BCUT2D eigenvalue weighted by molar-refractivity contribution is -0.137. The first-order chi connectivity index (χ1) is 15.6.